The van der Waals surface area contributed by atoms with E-state index in [0.717, 1.165) is 0 Å². The van der Waals surface area contributed by atoms with E-state index in [1.165, 1.54) is 12.1 Å². The van der Waals surface area contributed by atoms with Gasteiger partial charge in [-0.2, -0.15) is 0 Å². The molecule has 0 aliphatic carbocycles. The van der Waals surface area contributed by atoms with Gasteiger partial charge in [0.25, 0.3) is 5.69 Å². The van der Waals surface area contributed by atoms with Crippen LogP contribution in [0.1, 0.15) is 19.8 Å². The number of para-hydroxylation sites is 2. The quantitative estimate of drug-likeness (QED) is 0.646. The normalized spacial score (nSPS) is 16.9. The Morgan fingerprint density at radius 2 is 1.88 bits per heavy atom. The van der Waals surface area contributed by atoms with Crippen LogP contribution >= 0.6 is 0 Å². The molecule has 8 nitrogen and oxygen atoms in total. The van der Waals surface area contributed by atoms with Crippen LogP contribution in [0.2, 0.25) is 0 Å². The Balaban J connectivity index is 1.96. The van der Waals surface area contributed by atoms with E-state index < -0.39 is 11.0 Å². The fourth-order valence-electron chi connectivity index (χ4n) is 3.04. The van der Waals surface area contributed by atoms with Crippen molar-refractivity contribution in [1.82, 2.24) is 9.80 Å². The summed E-state index contributed by atoms with van der Waals surface area (Å²) < 4.78 is 0. The molecule has 1 aliphatic heterocycles. The van der Waals surface area contributed by atoms with Crippen molar-refractivity contribution >= 4 is 23.2 Å². The first-order valence-electron chi connectivity index (χ1n) is 8.30. The molecule has 0 aromatic heterocycles. The van der Waals surface area contributed by atoms with Crippen LogP contribution in [0, 0.1) is 16.0 Å². The number of hydrogen-bond acceptors (Lipinski definition) is 5. The van der Waals surface area contributed by atoms with Crippen LogP contribution in [0.4, 0.5) is 11.4 Å². The lowest BCUT2D eigenvalue weighted by Crippen LogP contribution is -2.48. The van der Waals surface area contributed by atoms with Crippen molar-refractivity contribution in [3.05, 3.63) is 34.4 Å². The molecule has 1 aromatic rings. The number of nitrogens with zero attached hydrogens (tertiary/aromatic N) is 3. The lowest BCUT2D eigenvalue weighted by atomic mass is 9.94. The van der Waals surface area contributed by atoms with Gasteiger partial charge in [0.05, 0.1) is 11.0 Å². The third-order valence-corrected chi connectivity index (χ3v) is 4.61. The molecule has 1 atom stereocenters. The Hall–Kier alpha value is -2.48. The summed E-state index contributed by atoms with van der Waals surface area (Å²) in [6, 6.07) is 5.66. The molecule has 0 unspecified atom stereocenters. The minimum Gasteiger partial charge on any atom is -0.349 e. The van der Waals surface area contributed by atoms with Crippen LogP contribution in [0.15, 0.2) is 24.3 Å². The maximum atomic E-state index is 12.5. The van der Waals surface area contributed by atoms with Crippen molar-refractivity contribution < 1.29 is 14.5 Å². The number of anilines is 1. The van der Waals surface area contributed by atoms with Gasteiger partial charge in [-0.05, 0) is 38.9 Å². The second kappa shape index (κ2) is 8.06. The molecule has 1 heterocycles. The summed E-state index contributed by atoms with van der Waals surface area (Å²) in [5.41, 5.74) is 0.0698. The molecule has 1 fully saturated rings. The summed E-state index contributed by atoms with van der Waals surface area (Å²) in [5.74, 6) is -0.167. The number of rotatable bonds is 5. The number of amides is 2. The highest BCUT2D eigenvalue weighted by Gasteiger charge is 2.30. The van der Waals surface area contributed by atoms with Gasteiger partial charge in [0.1, 0.15) is 5.69 Å². The lowest BCUT2D eigenvalue weighted by molar-refractivity contribution is -0.383. The molecule has 25 heavy (non-hydrogen) atoms. The monoisotopic (exact) mass is 348 g/mol. The van der Waals surface area contributed by atoms with E-state index in [-0.39, 0.29) is 29.1 Å². The van der Waals surface area contributed by atoms with Gasteiger partial charge < -0.3 is 10.2 Å². The maximum Gasteiger partial charge on any atom is 0.292 e. The van der Waals surface area contributed by atoms with Gasteiger partial charge in [-0.15, -0.1) is 0 Å². The molecule has 2 amide bonds. The molecule has 136 valence electrons. The van der Waals surface area contributed by atoms with Crippen molar-refractivity contribution in [2.45, 2.75) is 25.8 Å². The summed E-state index contributed by atoms with van der Waals surface area (Å²) in [4.78, 5) is 38.6. The predicted octanol–water partition coefficient (Wildman–Crippen LogP) is 1.72. The zero-order valence-corrected chi connectivity index (χ0v) is 14.8. The van der Waals surface area contributed by atoms with Crippen molar-refractivity contribution in [3.8, 4) is 0 Å². The number of benzene rings is 1. The Labute approximate surface area is 146 Å². The summed E-state index contributed by atoms with van der Waals surface area (Å²) in [5, 5.41) is 13.7. The van der Waals surface area contributed by atoms with Crippen LogP contribution in [-0.2, 0) is 9.59 Å². The Bertz CT molecular complexity index is 654. The van der Waals surface area contributed by atoms with Crippen molar-refractivity contribution in [1.29, 1.82) is 0 Å². The standard InChI is InChI=1S/C17H24N4O4/c1-12(20-10-8-13(9-11-20)17(23)19(2)3)16(22)18-14-6-4-5-7-15(14)21(24)25/h4-7,12-13H,8-11H2,1-3H3,(H,18,22)/t12-/m1/s1. The highest BCUT2D eigenvalue weighted by atomic mass is 16.6. The van der Waals surface area contributed by atoms with Gasteiger partial charge in [-0.1, -0.05) is 12.1 Å². The Kier molecular flexibility index (Phi) is 6.08. The molecule has 0 spiro atoms. The first-order valence-corrected chi connectivity index (χ1v) is 8.30. The van der Waals surface area contributed by atoms with E-state index in [0.29, 0.717) is 25.9 Å². The van der Waals surface area contributed by atoms with Crippen molar-refractivity contribution in [2.24, 2.45) is 5.92 Å². The molecule has 1 saturated heterocycles. The Morgan fingerprint density at radius 1 is 1.28 bits per heavy atom. The number of nitrogens with one attached hydrogen (secondary N) is 1. The fourth-order valence-corrected chi connectivity index (χ4v) is 3.04. The maximum absolute atomic E-state index is 12.5. The van der Waals surface area contributed by atoms with E-state index >= 15 is 0 Å². The van der Waals surface area contributed by atoms with Gasteiger partial charge in [0, 0.05) is 26.1 Å². The van der Waals surface area contributed by atoms with E-state index in [1.54, 1.807) is 38.1 Å². The molecule has 1 N–H and O–H groups in total. The van der Waals surface area contributed by atoms with Crippen LogP contribution in [0.25, 0.3) is 0 Å². The summed E-state index contributed by atoms with van der Waals surface area (Å²) in [6.07, 6.45) is 1.42. The zero-order chi connectivity index (χ0) is 18.6. The third kappa shape index (κ3) is 4.54. The van der Waals surface area contributed by atoms with E-state index in [2.05, 4.69) is 5.32 Å². The van der Waals surface area contributed by atoms with Gasteiger partial charge in [0.2, 0.25) is 11.8 Å². The highest BCUT2D eigenvalue weighted by molar-refractivity contribution is 5.96. The molecule has 0 radical (unpaired) electrons. The smallest absolute Gasteiger partial charge is 0.292 e. The number of nitro groups is 1. The molecule has 8 heteroatoms. The highest BCUT2D eigenvalue weighted by Crippen LogP contribution is 2.25. The number of piperidine rings is 1. The number of nitro benzene ring substituents is 1. The summed E-state index contributed by atoms with van der Waals surface area (Å²) in [6.45, 7) is 3.07. The minimum absolute atomic E-state index is 0.00304. The van der Waals surface area contributed by atoms with Crippen LogP contribution in [0.3, 0.4) is 0 Å². The van der Waals surface area contributed by atoms with Gasteiger partial charge >= 0.3 is 0 Å². The topological polar surface area (TPSA) is 95.8 Å². The summed E-state index contributed by atoms with van der Waals surface area (Å²) >= 11 is 0. The molecule has 2 rings (SSSR count). The molecular formula is C17H24N4O4. The first kappa shape index (κ1) is 18.9. The largest absolute Gasteiger partial charge is 0.349 e. The minimum atomic E-state index is -0.515. The molecular weight excluding hydrogens is 324 g/mol. The van der Waals surface area contributed by atoms with Crippen LogP contribution in [0.5, 0.6) is 0 Å². The average Bonchev–Trinajstić information content (AvgIpc) is 2.60. The summed E-state index contributed by atoms with van der Waals surface area (Å²) in [7, 11) is 3.50. The molecule has 1 aromatic carbocycles. The number of hydrogen-bond donors (Lipinski definition) is 1. The lowest BCUT2D eigenvalue weighted by Gasteiger charge is -2.35. The average molecular weight is 348 g/mol. The van der Waals surface area contributed by atoms with Gasteiger partial charge in [0.15, 0.2) is 0 Å². The third-order valence-electron chi connectivity index (χ3n) is 4.61. The Morgan fingerprint density at radius 3 is 2.44 bits per heavy atom. The zero-order valence-electron chi connectivity index (χ0n) is 14.8. The van der Waals surface area contributed by atoms with E-state index in [4.69, 9.17) is 0 Å². The predicted molar refractivity (Wildman–Crippen MR) is 94.2 cm³/mol. The van der Waals surface area contributed by atoms with E-state index in [9.17, 15) is 19.7 Å². The number of carbonyl (C=O) groups is 2. The van der Waals surface area contributed by atoms with Crippen LogP contribution < -0.4 is 5.32 Å². The van der Waals surface area contributed by atoms with Crippen LogP contribution in [-0.4, -0.2) is 59.8 Å². The van der Waals surface area contributed by atoms with Crippen molar-refractivity contribution in [2.75, 3.05) is 32.5 Å². The van der Waals surface area contributed by atoms with Gasteiger partial charge in [-0.25, -0.2) is 0 Å². The van der Waals surface area contributed by atoms with Crippen molar-refractivity contribution in [3.63, 3.8) is 0 Å². The van der Waals surface area contributed by atoms with E-state index in [1.807, 2.05) is 4.90 Å². The number of likely N-dealkylation sites (tertiary alicyclic amines) is 1. The second-order valence-corrected chi connectivity index (χ2v) is 6.48. The number of carbonyl (C=O) groups excluding carboxylic acids is 2. The molecule has 1 aliphatic rings. The second-order valence-electron chi connectivity index (χ2n) is 6.48. The molecule has 0 saturated carbocycles. The van der Waals surface area contributed by atoms with Gasteiger partial charge in [-0.3, -0.25) is 24.6 Å². The molecule has 0 bridgehead atoms. The fraction of sp³-hybridized carbons (Fsp3) is 0.529. The SMILES string of the molecule is C[C@H](C(=O)Nc1ccccc1[N+](=O)[O-])N1CCC(C(=O)N(C)C)CC1. The first-order chi connectivity index (χ1) is 11.8.